The first-order valence-corrected chi connectivity index (χ1v) is 8.92. The van der Waals surface area contributed by atoms with Gasteiger partial charge in [0.15, 0.2) is 0 Å². The average molecular weight is 387 g/mol. The Labute approximate surface area is 155 Å². The van der Waals surface area contributed by atoms with Crippen LogP contribution < -0.4 is 0 Å². The topological polar surface area (TPSA) is 17.1 Å². The zero-order valence-corrected chi connectivity index (χ0v) is 15.0. The first kappa shape index (κ1) is 15.8. The molecular weight excluding hydrogens is 372 g/mol. The Hall–Kier alpha value is -2.71. The standard InChI is InChI=1S/C23H15BrO/c24-22-20(17-12-6-2-7-13-17)19(16-10-4-1-5-11-16)21(23(22)25)18-14-8-3-9-15-18/h1-15H. The number of halogens is 1. The van der Waals surface area contributed by atoms with E-state index >= 15 is 0 Å². The van der Waals surface area contributed by atoms with Gasteiger partial charge >= 0.3 is 0 Å². The molecule has 0 amide bonds. The van der Waals surface area contributed by atoms with Gasteiger partial charge in [0.25, 0.3) is 0 Å². The summed E-state index contributed by atoms with van der Waals surface area (Å²) < 4.78 is 0.622. The molecule has 2 heteroatoms. The average Bonchev–Trinajstić information content (AvgIpc) is 2.95. The third kappa shape index (κ3) is 2.79. The number of rotatable bonds is 3. The van der Waals surface area contributed by atoms with Gasteiger partial charge in [-0.05, 0) is 32.6 Å². The van der Waals surface area contributed by atoms with Gasteiger partial charge < -0.3 is 0 Å². The van der Waals surface area contributed by atoms with Crippen molar-refractivity contribution >= 4 is 38.4 Å². The van der Waals surface area contributed by atoms with Gasteiger partial charge in [0.05, 0.1) is 4.48 Å². The van der Waals surface area contributed by atoms with E-state index in [0.717, 1.165) is 33.4 Å². The van der Waals surface area contributed by atoms with Crippen LogP contribution in [0.15, 0.2) is 95.5 Å². The highest BCUT2D eigenvalue weighted by atomic mass is 79.9. The lowest BCUT2D eigenvalue weighted by atomic mass is 9.90. The molecule has 0 aliphatic heterocycles. The second-order valence-corrected chi connectivity index (χ2v) is 6.66. The molecule has 0 spiro atoms. The number of ketones is 1. The fourth-order valence-corrected chi connectivity index (χ4v) is 3.85. The van der Waals surface area contributed by atoms with Gasteiger partial charge in [0, 0.05) is 16.7 Å². The molecular formula is C23H15BrO. The van der Waals surface area contributed by atoms with Gasteiger partial charge in [-0.25, -0.2) is 0 Å². The molecule has 0 N–H and O–H groups in total. The summed E-state index contributed by atoms with van der Waals surface area (Å²) in [5.41, 5.74) is 5.70. The van der Waals surface area contributed by atoms with Crippen molar-refractivity contribution in [1.82, 2.24) is 0 Å². The van der Waals surface area contributed by atoms with Crippen LogP contribution in [0.1, 0.15) is 16.7 Å². The van der Waals surface area contributed by atoms with Gasteiger partial charge in [-0.1, -0.05) is 91.0 Å². The summed E-state index contributed by atoms with van der Waals surface area (Å²) in [6.45, 7) is 0. The van der Waals surface area contributed by atoms with Crippen LogP contribution in [0.3, 0.4) is 0 Å². The molecule has 0 fully saturated rings. The Balaban J connectivity index is 2.03. The van der Waals surface area contributed by atoms with Crippen LogP contribution >= 0.6 is 15.9 Å². The van der Waals surface area contributed by atoms with Crippen molar-refractivity contribution in [2.45, 2.75) is 0 Å². The van der Waals surface area contributed by atoms with Gasteiger partial charge in [-0.2, -0.15) is 0 Å². The van der Waals surface area contributed by atoms with Crippen molar-refractivity contribution in [2.75, 3.05) is 0 Å². The molecule has 0 radical (unpaired) electrons. The van der Waals surface area contributed by atoms with Crippen LogP contribution in [0, 0.1) is 0 Å². The molecule has 0 saturated carbocycles. The molecule has 3 aromatic carbocycles. The number of hydrogen-bond acceptors (Lipinski definition) is 1. The molecule has 1 aliphatic rings. The van der Waals surface area contributed by atoms with Crippen molar-refractivity contribution in [1.29, 1.82) is 0 Å². The summed E-state index contributed by atoms with van der Waals surface area (Å²) in [5, 5.41) is 0. The maximum atomic E-state index is 13.1. The first-order valence-electron chi connectivity index (χ1n) is 8.13. The van der Waals surface area contributed by atoms with Crippen molar-refractivity contribution in [3.63, 3.8) is 0 Å². The van der Waals surface area contributed by atoms with E-state index in [1.165, 1.54) is 0 Å². The minimum absolute atomic E-state index is 0.0314. The maximum Gasteiger partial charge on any atom is 0.201 e. The summed E-state index contributed by atoms with van der Waals surface area (Å²) in [6, 6.07) is 30.0. The molecule has 0 bridgehead atoms. The molecule has 4 rings (SSSR count). The number of Topliss-reactive ketones (excluding diaryl/α,β-unsaturated/α-hetero) is 1. The smallest absolute Gasteiger partial charge is 0.201 e. The molecule has 1 nitrogen and oxygen atoms in total. The quantitative estimate of drug-likeness (QED) is 0.540. The first-order chi connectivity index (χ1) is 12.3. The van der Waals surface area contributed by atoms with Crippen LogP contribution in [-0.2, 0) is 4.79 Å². The van der Waals surface area contributed by atoms with Crippen molar-refractivity contribution in [3.8, 4) is 0 Å². The van der Waals surface area contributed by atoms with Gasteiger partial charge in [-0.15, -0.1) is 0 Å². The predicted octanol–water partition coefficient (Wildman–Crippen LogP) is 5.99. The van der Waals surface area contributed by atoms with E-state index < -0.39 is 0 Å². The Morgan fingerprint density at radius 2 is 0.840 bits per heavy atom. The Bertz CT molecular complexity index is 984. The molecule has 0 heterocycles. The monoisotopic (exact) mass is 386 g/mol. The Kier molecular flexibility index (Phi) is 4.21. The zero-order chi connectivity index (χ0) is 17.2. The lowest BCUT2D eigenvalue weighted by Gasteiger charge is -2.12. The van der Waals surface area contributed by atoms with Crippen LogP contribution in [-0.4, -0.2) is 5.78 Å². The molecule has 25 heavy (non-hydrogen) atoms. The zero-order valence-electron chi connectivity index (χ0n) is 13.4. The van der Waals surface area contributed by atoms with E-state index in [4.69, 9.17) is 0 Å². The Morgan fingerprint density at radius 3 is 1.28 bits per heavy atom. The number of carbonyl (C=O) groups is 1. The summed E-state index contributed by atoms with van der Waals surface area (Å²) in [7, 11) is 0. The van der Waals surface area contributed by atoms with Crippen LogP contribution in [0.5, 0.6) is 0 Å². The fraction of sp³-hybridized carbons (Fsp3) is 0. The maximum absolute atomic E-state index is 13.1. The van der Waals surface area contributed by atoms with E-state index in [1.54, 1.807) is 0 Å². The van der Waals surface area contributed by atoms with Crippen LogP contribution in [0.4, 0.5) is 0 Å². The second-order valence-electron chi connectivity index (χ2n) is 5.87. The molecule has 120 valence electrons. The van der Waals surface area contributed by atoms with Gasteiger partial charge in [-0.3, -0.25) is 4.79 Å². The van der Waals surface area contributed by atoms with Crippen LogP contribution in [0.25, 0.3) is 16.7 Å². The lowest BCUT2D eigenvalue weighted by molar-refractivity contribution is -0.109. The third-order valence-corrected chi connectivity index (χ3v) is 5.09. The van der Waals surface area contributed by atoms with Crippen LogP contribution in [0.2, 0.25) is 0 Å². The van der Waals surface area contributed by atoms with Crippen molar-refractivity contribution < 1.29 is 4.79 Å². The van der Waals surface area contributed by atoms with E-state index in [2.05, 4.69) is 28.1 Å². The highest BCUT2D eigenvalue weighted by Gasteiger charge is 2.33. The summed E-state index contributed by atoms with van der Waals surface area (Å²) >= 11 is 3.57. The summed E-state index contributed by atoms with van der Waals surface area (Å²) in [6.07, 6.45) is 0. The van der Waals surface area contributed by atoms with E-state index in [0.29, 0.717) is 4.48 Å². The SMILES string of the molecule is O=C1C(Br)=C(c2ccccc2)C(c2ccccc2)=C1c1ccccc1. The van der Waals surface area contributed by atoms with E-state index in [-0.39, 0.29) is 5.78 Å². The normalized spacial score (nSPS) is 14.4. The Morgan fingerprint density at radius 1 is 0.480 bits per heavy atom. The summed E-state index contributed by atoms with van der Waals surface area (Å²) in [5.74, 6) is 0.0314. The second kappa shape index (κ2) is 6.66. The molecule has 0 saturated heterocycles. The van der Waals surface area contributed by atoms with Gasteiger partial charge in [0.2, 0.25) is 5.78 Å². The number of carbonyl (C=O) groups excluding carboxylic acids is 1. The fourth-order valence-electron chi connectivity index (χ4n) is 3.22. The molecule has 0 aromatic heterocycles. The molecule has 0 atom stereocenters. The summed E-state index contributed by atoms with van der Waals surface area (Å²) in [4.78, 5) is 13.1. The molecule has 3 aromatic rings. The highest BCUT2D eigenvalue weighted by Crippen LogP contribution is 2.47. The highest BCUT2D eigenvalue weighted by molar-refractivity contribution is 9.12. The minimum atomic E-state index is 0.0314. The van der Waals surface area contributed by atoms with Gasteiger partial charge in [0.1, 0.15) is 0 Å². The molecule has 1 aliphatic carbocycles. The minimum Gasteiger partial charge on any atom is -0.288 e. The number of benzene rings is 3. The van der Waals surface area contributed by atoms with Crippen molar-refractivity contribution in [3.05, 3.63) is 112 Å². The van der Waals surface area contributed by atoms with Crippen molar-refractivity contribution in [2.24, 2.45) is 0 Å². The largest absolute Gasteiger partial charge is 0.288 e. The van der Waals surface area contributed by atoms with E-state index in [1.807, 2.05) is 78.9 Å². The number of hydrogen-bond donors (Lipinski definition) is 0. The number of allylic oxidation sites excluding steroid dienone is 4. The lowest BCUT2D eigenvalue weighted by Crippen LogP contribution is -1.98. The molecule has 0 unspecified atom stereocenters. The van der Waals surface area contributed by atoms with E-state index in [9.17, 15) is 4.79 Å². The third-order valence-electron chi connectivity index (χ3n) is 4.33. The predicted molar refractivity (Wildman–Crippen MR) is 107 cm³/mol.